The van der Waals surface area contributed by atoms with Crippen LogP contribution in [-0.4, -0.2) is 12.6 Å². The van der Waals surface area contributed by atoms with Crippen molar-refractivity contribution >= 4 is 5.97 Å². The maximum absolute atomic E-state index is 12.8. The summed E-state index contributed by atoms with van der Waals surface area (Å²) in [4.78, 5) is 11.3. The van der Waals surface area contributed by atoms with Crippen LogP contribution in [0.1, 0.15) is 35.6 Å². The molecule has 0 saturated heterocycles. The highest BCUT2D eigenvalue weighted by atomic mass is 19.3. The molecule has 0 heterocycles. The number of hydrogen-bond donors (Lipinski definition) is 0. The maximum atomic E-state index is 12.8. The van der Waals surface area contributed by atoms with E-state index in [4.69, 9.17) is 10.00 Å². The van der Waals surface area contributed by atoms with Gasteiger partial charge in [-0.2, -0.15) is 5.26 Å². The van der Waals surface area contributed by atoms with Crippen molar-refractivity contribution in [1.82, 2.24) is 0 Å². The lowest BCUT2D eigenvalue weighted by atomic mass is 9.98. The Morgan fingerprint density at radius 1 is 1.50 bits per heavy atom. The molecule has 1 aromatic rings. The van der Waals surface area contributed by atoms with Crippen LogP contribution in [0.15, 0.2) is 12.1 Å². The number of halogens is 2. The van der Waals surface area contributed by atoms with Gasteiger partial charge in [0, 0.05) is 5.56 Å². The minimum absolute atomic E-state index is 0.0300. The SMILES string of the molecule is CCOC(=O)Cc1cc(C)c(C#N)c(C(F)F)c1. The fourth-order valence-corrected chi connectivity index (χ4v) is 1.70. The first-order valence-corrected chi connectivity index (χ1v) is 5.46. The van der Waals surface area contributed by atoms with Crippen LogP contribution in [0.4, 0.5) is 8.78 Å². The van der Waals surface area contributed by atoms with E-state index in [0.29, 0.717) is 11.1 Å². The van der Waals surface area contributed by atoms with Crippen LogP contribution in [0.2, 0.25) is 0 Å². The third-order valence-electron chi connectivity index (χ3n) is 2.43. The van der Waals surface area contributed by atoms with Crippen LogP contribution in [0, 0.1) is 18.3 Å². The molecule has 0 spiro atoms. The molecule has 96 valence electrons. The summed E-state index contributed by atoms with van der Waals surface area (Å²) in [7, 11) is 0. The molecule has 0 amide bonds. The summed E-state index contributed by atoms with van der Waals surface area (Å²) < 4.78 is 30.3. The molecule has 0 unspecified atom stereocenters. The van der Waals surface area contributed by atoms with Gasteiger partial charge in [-0.05, 0) is 31.0 Å². The topological polar surface area (TPSA) is 50.1 Å². The molecule has 0 aliphatic carbocycles. The van der Waals surface area contributed by atoms with Gasteiger partial charge in [0.2, 0.25) is 0 Å². The Balaban J connectivity index is 3.10. The van der Waals surface area contributed by atoms with Crippen molar-refractivity contribution in [2.75, 3.05) is 6.61 Å². The van der Waals surface area contributed by atoms with Gasteiger partial charge < -0.3 is 4.74 Å². The van der Waals surface area contributed by atoms with E-state index in [1.165, 1.54) is 6.07 Å². The summed E-state index contributed by atoms with van der Waals surface area (Å²) in [5.41, 5.74) is 0.504. The van der Waals surface area contributed by atoms with Crippen molar-refractivity contribution in [3.05, 3.63) is 34.4 Å². The van der Waals surface area contributed by atoms with E-state index < -0.39 is 12.4 Å². The summed E-state index contributed by atoms with van der Waals surface area (Å²) in [6, 6.07) is 4.50. The number of benzene rings is 1. The number of ether oxygens (including phenoxy) is 1. The second-order valence-electron chi connectivity index (χ2n) is 3.77. The zero-order valence-electron chi connectivity index (χ0n) is 10.2. The van der Waals surface area contributed by atoms with E-state index in [2.05, 4.69) is 0 Å². The molecular weight excluding hydrogens is 240 g/mol. The van der Waals surface area contributed by atoms with Crippen molar-refractivity contribution in [2.24, 2.45) is 0 Å². The molecule has 18 heavy (non-hydrogen) atoms. The smallest absolute Gasteiger partial charge is 0.310 e. The minimum atomic E-state index is -2.74. The quantitative estimate of drug-likeness (QED) is 0.775. The van der Waals surface area contributed by atoms with E-state index in [1.807, 2.05) is 0 Å². The minimum Gasteiger partial charge on any atom is -0.466 e. The first kappa shape index (κ1) is 14.1. The van der Waals surface area contributed by atoms with Crippen LogP contribution < -0.4 is 0 Å². The van der Waals surface area contributed by atoms with E-state index in [1.54, 1.807) is 26.0 Å². The van der Waals surface area contributed by atoms with Crippen LogP contribution in [0.5, 0.6) is 0 Å². The molecule has 0 N–H and O–H groups in total. The van der Waals surface area contributed by atoms with Gasteiger partial charge in [0.05, 0.1) is 24.7 Å². The van der Waals surface area contributed by atoms with E-state index in [0.717, 1.165) is 0 Å². The second kappa shape index (κ2) is 6.10. The van der Waals surface area contributed by atoms with Crippen molar-refractivity contribution in [3.8, 4) is 6.07 Å². The largest absolute Gasteiger partial charge is 0.466 e. The molecule has 1 rings (SSSR count). The molecule has 0 fully saturated rings. The molecule has 0 radical (unpaired) electrons. The van der Waals surface area contributed by atoms with Crippen molar-refractivity contribution < 1.29 is 18.3 Å². The number of aryl methyl sites for hydroxylation is 1. The average molecular weight is 253 g/mol. The van der Waals surface area contributed by atoms with Gasteiger partial charge in [-0.25, -0.2) is 8.78 Å². The summed E-state index contributed by atoms with van der Waals surface area (Å²) in [5.74, 6) is -0.471. The fourth-order valence-electron chi connectivity index (χ4n) is 1.70. The Labute approximate surface area is 104 Å². The van der Waals surface area contributed by atoms with Crippen LogP contribution in [0.3, 0.4) is 0 Å². The predicted octanol–water partition coefficient (Wildman–Crippen LogP) is 2.91. The summed E-state index contributed by atoms with van der Waals surface area (Å²) in [5, 5.41) is 8.83. The molecule has 0 aliphatic heterocycles. The Bertz CT molecular complexity index is 492. The Kier molecular flexibility index (Phi) is 4.78. The van der Waals surface area contributed by atoms with E-state index >= 15 is 0 Å². The zero-order chi connectivity index (χ0) is 13.7. The lowest BCUT2D eigenvalue weighted by Gasteiger charge is -2.09. The standard InChI is InChI=1S/C13H13F2NO2/c1-3-18-12(17)6-9-4-8(2)11(7-16)10(5-9)13(14)15/h4-5,13H,3,6H2,1-2H3. The summed E-state index contributed by atoms with van der Waals surface area (Å²) >= 11 is 0. The van der Waals surface area contributed by atoms with E-state index in [-0.39, 0.29) is 24.2 Å². The van der Waals surface area contributed by atoms with Crippen LogP contribution in [-0.2, 0) is 16.0 Å². The van der Waals surface area contributed by atoms with Crippen LogP contribution in [0.25, 0.3) is 0 Å². The third-order valence-corrected chi connectivity index (χ3v) is 2.43. The number of alkyl halides is 2. The molecule has 0 atom stereocenters. The third kappa shape index (κ3) is 3.27. The van der Waals surface area contributed by atoms with Gasteiger partial charge in [-0.1, -0.05) is 6.07 Å². The number of nitrogens with zero attached hydrogens (tertiary/aromatic N) is 1. The monoisotopic (exact) mass is 253 g/mol. The number of rotatable bonds is 4. The number of carbonyl (C=O) groups is 1. The molecule has 5 heteroatoms. The van der Waals surface area contributed by atoms with Crippen molar-refractivity contribution in [1.29, 1.82) is 5.26 Å². The lowest BCUT2D eigenvalue weighted by molar-refractivity contribution is -0.142. The van der Waals surface area contributed by atoms with E-state index in [9.17, 15) is 13.6 Å². The number of nitriles is 1. The van der Waals surface area contributed by atoms with Crippen molar-refractivity contribution in [3.63, 3.8) is 0 Å². The van der Waals surface area contributed by atoms with Gasteiger partial charge >= 0.3 is 5.97 Å². The highest BCUT2D eigenvalue weighted by Gasteiger charge is 2.17. The van der Waals surface area contributed by atoms with Gasteiger partial charge in [0.25, 0.3) is 6.43 Å². The van der Waals surface area contributed by atoms with Gasteiger partial charge in [-0.15, -0.1) is 0 Å². The Morgan fingerprint density at radius 3 is 2.67 bits per heavy atom. The molecule has 1 aromatic carbocycles. The average Bonchev–Trinajstić information content (AvgIpc) is 2.28. The number of carbonyl (C=O) groups excluding carboxylic acids is 1. The summed E-state index contributed by atoms with van der Waals surface area (Å²) in [6.45, 7) is 3.49. The number of hydrogen-bond acceptors (Lipinski definition) is 3. The predicted molar refractivity (Wildman–Crippen MR) is 61.2 cm³/mol. The Hall–Kier alpha value is -1.96. The second-order valence-corrected chi connectivity index (χ2v) is 3.77. The lowest BCUT2D eigenvalue weighted by Crippen LogP contribution is -2.08. The molecule has 0 saturated carbocycles. The fraction of sp³-hybridized carbons (Fsp3) is 0.385. The van der Waals surface area contributed by atoms with Gasteiger partial charge in [-0.3, -0.25) is 4.79 Å². The van der Waals surface area contributed by atoms with Gasteiger partial charge in [0.15, 0.2) is 0 Å². The first-order chi connectivity index (χ1) is 8.49. The summed E-state index contributed by atoms with van der Waals surface area (Å²) in [6.07, 6.45) is -2.80. The molecule has 0 bridgehead atoms. The highest BCUT2D eigenvalue weighted by Crippen LogP contribution is 2.26. The number of esters is 1. The van der Waals surface area contributed by atoms with Gasteiger partial charge in [0.1, 0.15) is 0 Å². The highest BCUT2D eigenvalue weighted by molar-refractivity contribution is 5.73. The Morgan fingerprint density at radius 2 is 2.17 bits per heavy atom. The maximum Gasteiger partial charge on any atom is 0.310 e. The van der Waals surface area contributed by atoms with Crippen LogP contribution >= 0.6 is 0 Å². The molecule has 3 nitrogen and oxygen atoms in total. The molecule has 0 aromatic heterocycles. The normalized spacial score (nSPS) is 10.2. The van der Waals surface area contributed by atoms with Crippen molar-refractivity contribution in [2.45, 2.75) is 26.7 Å². The molecule has 0 aliphatic rings. The zero-order valence-corrected chi connectivity index (χ0v) is 10.2. The first-order valence-electron chi connectivity index (χ1n) is 5.46. The molecular formula is C13H13F2NO2.